The monoisotopic (exact) mass is 416 g/mol. The molecule has 2 aromatic rings. The molecule has 3 saturated heterocycles. The predicted octanol–water partition coefficient (Wildman–Crippen LogP) is 2.46. The summed E-state index contributed by atoms with van der Waals surface area (Å²) < 4.78 is 0. The van der Waals surface area contributed by atoms with E-state index in [9.17, 15) is 0 Å². The molecule has 0 spiro atoms. The third-order valence-electron chi connectivity index (χ3n) is 6.32. The summed E-state index contributed by atoms with van der Waals surface area (Å²) in [4.78, 5) is 26.4. The van der Waals surface area contributed by atoms with Crippen molar-refractivity contribution < 1.29 is 0 Å². The first kappa shape index (κ1) is 19.1. The van der Waals surface area contributed by atoms with Crippen LogP contribution in [-0.4, -0.2) is 71.8 Å². The summed E-state index contributed by atoms with van der Waals surface area (Å²) in [6, 6.07) is 0.417. The van der Waals surface area contributed by atoms with Crippen LogP contribution in [0, 0.1) is 0 Å². The summed E-state index contributed by atoms with van der Waals surface area (Å²) >= 11 is 6.66. The van der Waals surface area contributed by atoms with Crippen LogP contribution < -0.4 is 20.0 Å². The molecule has 0 saturated carbocycles. The SMILES string of the molecule is C[C@@H]1CCCCN1c1nc2nc(N3CCNCC3)nc(N3CCCC3)c2nc1Cl. The molecule has 156 valence electrons. The van der Waals surface area contributed by atoms with Gasteiger partial charge in [0, 0.05) is 51.9 Å². The van der Waals surface area contributed by atoms with Crippen molar-refractivity contribution in [2.75, 3.05) is 60.5 Å². The Balaban J connectivity index is 1.62. The van der Waals surface area contributed by atoms with Crippen molar-refractivity contribution in [3.05, 3.63) is 5.15 Å². The van der Waals surface area contributed by atoms with Crippen LogP contribution in [0.25, 0.3) is 11.2 Å². The molecule has 3 fully saturated rings. The van der Waals surface area contributed by atoms with E-state index < -0.39 is 0 Å². The molecule has 29 heavy (non-hydrogen) atoms. The fourth-order valence-electron chi connectivity index (χ4n) is 4.64. The number of fused-ring (bicyclic) bond motifs is 1. The summed E-state index contributed by atoms with van der Waals surface area (Å²) in [7, 11) is 0. The number of nitrogens with one attached hydrogen (secondary N) is 1. The maximum absolute atomic E-state index is 6.66. The molecule has 3 aliphatic heterocycles. The maximum Gasteiger partial charge on any atom is 0.229 e. The van der Waals surface area contributed by atoms with Crippen LogP contribution in [0.15, 0.2) is 0 Å². The fraction of sp³-hybridized carbons (Fsp3) is 0.700. The third kappa shape index (κ3) is 3.68. The maximum atomic E-state index is 6.66. The minimum Gasteiger partial charge on any atom is -0.355 e. The van der Waals surface area contributed by atoms with E-state index in [-0.39, 0.29) is 0 Å². The summed E-state index contributed by atoms with van der Waals surface area (Å²) in [6.07, 6.45) is 5.93. The molecule has 3 aliphatic rings. The van der Waals surface area contributed by atoms with Crippen LogP contribution in [0.3, 0.4) is 0 Å². The van der Waals surface area contributed by atoms with Crippen LogP contribution in [0.4, 0.5) is 17.6 Å². The Morgan fingerprint density at radius 3 is 2.34 bits per heavy atom. The number of hydrogen-bond donors (Lipinski definition) is 1. The van der Waals surface area contributed by atoms with Crippen molar-refractivity contribution in [2.45, 2.75) is 45.1 Å². The van der Waals surface area contributed by atoms with Crippen LogP contribution in [-0.2, 0) is 0 Å². The van der Waals surface area contributed by atoms with Gasteiger partial charge in [-0.25, -0.2) is 9.97 Å². The lowest BCUT2D eigenvalue weighted by Gasteiger charge is -2.34. The highest BCUT2D eigenvalue weighted by molar-refractivity contribution is 6.32. The second kappa shape index (κ2) is 8.07. The molecule has 0 bridgehead atoms. The second-order valence-corrected chi connectivity index (χ2v) is 8.68. The lowest BCUT2D eigenvalue weighted by atomic mass is 10.0. The molecule has 1 atom stereocenters. The molecule has 8 nitrogen and oxygen atoms in total. The molecule has 0 unspecified atom stereocenters. The predicted molar refractivity (Wildman–Crippen MR) is 117 cm³/mol. The van der Waals surface area contributed by atoms with E-state index in [2.05, 4.69) is 26.9 Å². The average molecular weight is 417 g/mol. The highest BCUT2D eigenvalue weighted by Crippen LogP contribution is 2.33. The number of piperazine rings is 1. The smallest absolute Gasteiger partial charge is 0.229 e. The highest BCUT2D eigenvalue weighted by atomic mass is 35.5. The van der Waals surface area contributed by atoms with Crippen molar-refractivity contribution in [2.24, 2.45) is 0 Å². The molecular formula is C20H29ClN8. The van der Waals surface area contributed by atoms with Gasteiger partial charge in [-0.05, 0) is 39.0 Å². The first-order valence-electron chi connectivity index (χ1n) is 10.9. The summed E-state index contributed by atoms with van der Waals surface area (Å²) in [6.45, 7) is 8.91. The van der Waals surface area contributed by atoms with Gasteiger partial charge in [-0.15, -0.1) is 0 Å². The minimum atomic E-state index is 0.417. The number of aromatic nitrogens is 4. The molecule has 0 amide bonds. The number of hydrogen-bond acceptors (Lipinski definition) is 8. The number of piperidine rings is 1. The van der Waals surface area contributed by atoms with Crippen molar-refractivity contribution in [3.63, 3.8) is 0 Å². The van der Waals surface area contributed by atoms with E-state index in [1.165, 1.54) is 19.3 Å². The summed E-state index contributed by atoms with van der Waals surface area (Å²) in [5, 5.41) is 3.86. The van der Waals surface area contributed by atoms with E-state index in [1.54, 1.807) is 0 Å². The van der Waals surface area contributed by atoms with Crippen molar-refractivity contribution >= 4 is 40.3 Å². The largest absolute Gasteiger partial charge is 0.355 e. The van der Waals surface area contributed by atoms with Gasteiger partial charge in [-0.1, -0.05) is 11.6 Å². The Morgan fingerprint density at radius 2 is 1.59 bits per heavy atom. The molecule has 9 heteroatoms. The van der Waals surface area contributed by atoms with Crippen LogP contribution >= 0.6 is 11.6 Å². The molecule has 1 N–H and O–H groups in total. The van der Waals surface area contributed by atoms with Crippen molar-refractivity contribution in [3.8, 4) is 0 Å². The normalized spacial score (nSPS) is 23.2. The van der Waals surface area contributed by atoms with E-state index in [0.29, 0.717) is 16.8 Å². The molecular weight excluding hydrogens is 388 g/mol. The lowest BCUT2D eigenvalue weighted by molar-refractivity contribution is 0.481. The average Bonchev–Trinajstić information content (AvgIpc) is 3.29. The van der Waals surface area contributed by atoms with Gasteiger partial charge < -0.3 is 20.0 Å². The summed E-state index contributed by atoms with van der Waals surface area (Å²) in [5.74, 6) is 2.41. The Labute approximate surface area is 176 Å². The van der Waals surface area contributed by atoms with Gasteiger partial charge >= 0.3 is 0 Å². The van der Waals surface area contributed by atoms with Gasteiger partial charge in [0.05, 0.1) is 0 Å². The van der Waals surface area contributed by atoms with E-state index in [1.807, 2.05) is 0 Å². The zero-order valence-electron chi connectivity index (χ0n) is 17.1. The van der Waals surface area contributed by atoms with Crippen LogP contribution in [0.1, 0.15) is 39.0 Å². The zero-order valence-corrected chi connectivity index (χ0v) is 17.8. The van der Waals surface area contributed by atoms with Gasteiger partial charge in [0.15, 0.2) is 28.0 Å². The van der Waals surface area contributed by atoms with E-state index >= 15 is 0 Å². The Hall–Kier alpha value is -1.93. The van der Waals surface area contributed by atoms with Crippen molar-refractivity contribution in [1.29, 1.82) is 0 Å². The minimum absolute atomic E-state index is 0.417. The Morgan fingerprint density at radius 1 is 0.828 bits per heavy atom. The number of anilines is 3. The van der Waals surface area contributed by atoms with E-state index in [0.717, 1.165) is 81.8 Å². The second-order valence-electron chi connectivity index (χ2n) is 8.33. The number of nitrogens with zero attached hydrogens (tertiary/aromatic N) is 7. The first-order chi connectivity index (χ1) is 14.2. The van der Waals surface area contributed by atoms with Gasteiger partial charge in [-0.3, -0.25) is 0 Å². The lowest BCUT2D eigenvalue weighted by Crippen LogP contribution is -2.44. The van der Waals surface area contributed by atoms with Crippen LogP contribution in [0.5, 0.6) is 0 Å². The van der Waals surface area contributed by atoms with E-state index in [4.69, 9.17) is 31.5 Å². The highest BCUT2D eigenvalue weighted by Gasteiger charge is 2.27. The van der Waals surface area contributed by atoms with Gasteiger partial charge in [-0.2, -0.15) is 9.97 Å². The number of rotatable bonds is 3. The van der Waals surface area contributed by atoms with Crippen molar-refractivity contribution in [1.82, 2.24) is 25.3 Å². The first-order valence-corrected chi connectivity index (χ1v) is 11.3. The Kier molecular flexibility index (Phi) is 5.30. The quantitative estimate of drug-likeness (QED) is 0.817. The number of halogens is 1. The van der Waals surface area contributed by atoms with Gasteiger partial charge in [0.2, 0.25) is 5.95 Å². The van der Waals surface area contributed by atoms with Crippen LogP contribution in [0.2, 0.25) is 5.15 Å². The topological polar surface area (TPSA) is 73.3 Å². The third-order valence-corrected chi connectivity index (χ3v) is 6.58. The Bertz CT molecular complexity index is 878. The molecule has 0 radical (unpaired) electrons. The zero-order chi connectivity index (χ0) is 19.8. The van der Waals surface area contributed by atoms with Gasteiger partial charge in [0.1, 0.15) is 0 Å². The van der Waals surface area contributed by atoms with Gasteiger partial charge in [0.25, 0.3) is 0 Å². The molecule has 2 aromatic heterocycles. The summed E-state index contributed by atoms with van der Waals surface area (Å²) in [5.41, 5.74) is 1.39. The molecule has 5 rings (SSSR count). The molecule has 0 aromatic carbocycles. The fourth-order valence-corrected chi connectivity index (χ4v) is 4.88. The molecule has 0 aliphatic carbocycles. The molecule has 5 heterocycles. The standard InChI is InChI=1S/C20H29ClN8/c1-14-6-2-3-11-29(14)19-16(21)23-15-17(24-19)25-20(28-12-7-22-8-13-28)26-18(15)27-9-4-5-10-27/h14,22H,2-13H2,1H3/t14-/m1/s1.